The average Bonchev–Trinajstić information content (AvgIpc) is 2.70. The zero-order valence-corrected chi connectivity index (χ0v) is 12.1. The Labute approximate surface area is 124 Å². The molecule has 1 aromatic heterocycles. The number of carbonyl (C=O) groups excluding carboxylic acids is 2. The molecule has 1 saturated carbocycles. The number of hydrogen-bond acceptors (Lipinski definition) is 4. The second-order valence-electron chi connectivity index (χ2n) is 5.89. The molecule has 2 heterocycles. The van der Waals surface area contributed by atoms with Crippen molar-refractivity contribution in [2.45, 2.75) is 57.0 Å². The van der Waals surface area contributed by atoms with Crippen LogP contribution in [-0.2, 0) is 9.59 Å². The summed E-state index contributed by atoms with van der Waals surface area (Å²) in [6.07, 6.45) is 10.2. The first kappa shape index (κ1) is 14.0. The van der Waals surface area contributed by atoms with Gasteiger partial charge in [-0.05, 0) is 25.0 Å². The zero-order chi connectivity index (χ0) is 14.7. The summed E-state index contributed by atoms with van der Waals surface area (Å²) in [5.41, 5.74) is 0.784. The van der Waals surface area contributed by atoms with Gasteiger partial charge in [-0.3, -0.25) is 19.5 Å². The Morgan fingerprint density at radius 3 is 2.57 bits per heavy atom. The number of amides is 2. The Hall–Kier alpha value is -1.91. The van der Waals surface area contributed by atoms with Gasteiger partial charge < -0.3 is 5.32 Å². The largest absolute Gasteiger partial charge is 0.372 e. The van der Waals surface area contributed by atoms with E-state index in [1.165, 1.54) is 17.7 Å². The number of rotatable bonds is 3. The van der Waals surface area contributed by atoms with Gasteiger partial charge in [-0.25, -0.2) is 0 Å². The van der Waals surface area contributed by atoms with Gasteiger partial charge in [-0.2, -0.15) is 0 Å². The van der Waals surface area contributed by atoms with Gasteiger partial charge in [-0.1, -0.05) is 25.7 Å². The third kappa shape index (κ3) is 3.06. The Morgan fingerprint density at radius 1 is 1.14 bits per heavy atom. The Bertz CT molecular complexity index is 510. The zero-order valence-electron chi connectivity index (χ0n) is 12.1. The van der Waals surface area contributed by atoms with Crippen LogP contribution in [0.15, 0.2) is 24.5 Å². The van der Waals surface area contributed by atoms with Crippen LogP contribution in [0, 0.1) is 0 Å². The quantitative estimate of drug-likeness (QED) is 0.684. The molecule has 112 valence electrons. The summed E-state index contributed by atoms with van der Waals surface area (Å²) in [4.78, 5) is 30.3. The molecule has 2 amide bonds. The van der Waals surface area contributed by atoms with Crippen molar-refractivity contribution < 1.29 is 9.59 Å². The van der Waals surface area contributed by atoms with E-state index >= 15 is 0 Å². The predicted octanol–water partition coefficient (Wildman–Crippen LogP) is 2.34. The Kier molecular flexibility index (Phi) is 4.18. The van der Waals surface area contributed by atoms with Gasteiger partial charge in [0, 0.05) is 18.4 Å². The number of anilines is 1. The van der Waals surface area contributed by atoms with Crippen LogP contribution in [0.25, 0.3) is 0 Å². The highest BCUT2D eigenvalue weighted by atomic mass is 16.2. The maximum atomic E-state index is 12.6. The number of aromatic nitrogens is 1. The molecule has 1 aliphatic carbocycles. The summed E-state index contributed by atoms with van der Waals surface area (Å²) < 4.78 is 0. The number of nitrogens with one attached hydrogen (secondary N) is 1. The summed E-state index contributed by atoms with van der Waals surface area (Å²) in [7, 11) is 0. The molecule has 1 atom stereocenters. The molecule has 0 spiro atoms. The molecule has 0 radical (unpaired) electrons. The van der Waals surface area contributed by atoms with Crippen molar-refractivity contribution in [2.75, 3.05) is 5.32 Å². The molecule has 5 heteroatoms. The van der Waals surface area contributed by atoms with Crippen LogP contribution in [0.1, 0.15) is 44.9 Å². The van der Waals surface area contributed by atoms with E-state index in [4.69, 9.17) is 0 Å². The first-order valence-corrected chi connectivity index (χ1v) is 7.78. The average molecular weight is 287 g/mol. The van der Waals surface area contributed by atoms with Crippen LogP contribution < -0.4 is 5.32 Å². The maximum absolute atomic E-state index is 12.6. The van der Waals surface area contributed by atoms with Crippen LogP contribution in [-0.4, -0.2) is 33.8 Å². The molecule has 0 bridgehead atoms. The van der Waals surface area contributed by atoms with Crippen molar-refractivity contribution in [3.8, 4) is 0 Å². The smallest absolute Gasteiger partial charge is 0.252 e. The third-order valence-electron chi connectivity index (χ3n) is 4.38. The number of imide groups is 1. The number of hydrogen-bond donors (Lipinski definition) is 1. The minimum absolute atomic E-state index is 0.0340. The normalized spacial score (nSPS) is 24.2. The topological polar surface area (TPSA) is 62.3 Å². The highest BCUT2D eigenvalue weighted by molar-refractivity contribution is 6.07. The van der Waals surface area contributed by atoms with Gasteiger partial charge in [-0.15, -0.1) is 0 Å². The molecule has 2 aliphatic rings. The Morgan fingerprint density at radius 2 is 1.90 bits per heavy atom. The summed E-state index contributed by atoms with van der Waals surface area (Å²) in [5, 5.41) is 3.13. The number of carbonyl (C=O) groups is 2. The molecule has 1 unspecified atom stereocenters. The molecule has 5 nitrogen and oxygen atoms in total. The molecule has 1 aliphatic heterocycles. The van der Waals surface area contributed by atoms with Gasteiger partial charge in [0.05, 0.1) is 12.1 Å². The van der Waals surface area contributed by atoms with Gasteiger partial charge in [0.25, 0.3) is 5.91 Å². The summed E-state index contributed by atoms with van der Waals surface area (Å²) in [6.45, 7) is 0. The lowest BCUT2D eigenvalue weighted by atomic mass is 10.1. The predicted molar refractivity (Wildman–Crippen MR) is 79.6 cm³/mol. The van der Waals surface area contributed by atoms with E-state index in [1.54, 1.807) is 12.4 Å². The minimum Gasteiger partial charge on any atom is -0.372 e. The summed E-state index contributed by atoms with van der Waals surface area (Å²) in [5.74, 6) is -0.107. The van der Waals surface area contributed by atoms with E-state index in [1.807, 2.05) is 12.1 Å². The van der Waals surface area contributed by atoms with E-state index in [0.717, 1.165) is 31.4 Å². The highest BCUT2D eigenvalue weighted by Gasteiger charge is 2.42. The minimum atomic E-state index is -0.440. The van der Waals surface area contributed by atoms with Gasteiger partial charge in [0.1, 0.15) is 6.04 Å². The summed E-state index contributed by atoms with van der Waals surface area (Å²) >= 11 is 0. The molecule has 1 N–H and O–H groups in total. The monoisotopic (exact) mass is 287 g/mol. The Balaban J connectivity index is 1.69. The standard InChI is InChI=1S/C16H21N3O2/c20-15-10-14(18-12-6-5-9-17-11-12)16(21)19(15)13-7-3-1-2-4-8-13/h5-6,9,11,13-14,18H,1-4,7-8,10H2. The third-order valence-corrected chi connectivity index (χ3v) is 4.38. The molecule has 1 saturated heterocycles. The molecule has 21 heavy (non-hydrogen) atoms. The van der Waals surface area contributed by atoms with Crippen molar-refractivity contribution in [3.63, 3.8) is 0 Å². The van der Waals surface area contributed by atoms with Crippen molar-refractivity contribution in [1.29, 1.82) is 0 Å². The van der Waals surface area contributed by atoms with Crippen LogP contribution >= 0.6 is 0 Å². The lowest BCUT2D eigenvalue weighted by Gasteiger charge is -2.25. The van der Waals surface area contributed by atoms with E-state index < -0.39 is 6.04 Å². The van der Waals surface area contributed by atoms with Crippen LogP contribution in [0.2, 0.25) is 0 Å². The second kappa shape index (κ2) is 6.24. The number of nitrogens with zero attached hydrogens (tertiary/aromatic N) is 2. The summed E-state index contributed by atoms with van der Waals surface area (Å²) in [6, 6.07) is 3.34. The van der Waals surface area contributed by atoms with Gasteiger partial charge >= 0.3 is 0 Å². The van der Waals surface area contributed by atoms with Gasteiger partial charge in [0.15, 0.2) is 0 Å². The first-order valence-electron chi connectivity index (χ1n) is 7.78. The van der Waals surface area contributed by atoms with Crippen molar-refractivity contribution >= 4 is 17.5 Å². The molecule has 0 aromatic carbocycles. The van der Waals surface area contributed by atoms with Crippen molar-refractivity contribution in [3.05, 3.63) is 24.5 Å². The van der Waals surface area contributed by atoms with Crippen LogP contribution in [0.5, 0.6) is 0 Å². The lowest BCUT2D eigenvalue weighted by molar-refractivity contribution is -0.141. The fourth-order valence-electron chi connectivity index (χ4n) is 3.31. The highest BCUT2D eigenvalue weighted by Crippen LogP contribution is 2.27. The number of likely N-dealkylation sites (tertiary alicyclic amines) is 1. The lowest BCUT2D eigenvalue weighted by Crippen LogP contribution is -2.42. The van der Waals surface area contributed by atoms with E-state index in [0.29, 0.717) is 0 Å². The van der Waals surface area contributed by atoms with E-state index in [9.17, 15) is 9.59 Å². The first-order chi connectivity index (χ1) is 10.3. The second-order valence-corrected chi connectivity index (χ2v) is 5.89. The van der Waals surface area contributed by atoms with Crippen LogP contribution in [0.4, 0.5) is 5.69 Å². The fourth-order valence-corrected chi connectivity index (χ4v) is 3.31. The van der Waals surface area contributed by atoms with E-state index in [2.05, 4.69) is 10.3 Å². The van der Waals surface area contributed by atoms with Crippen molar-refractivity contribution in [2.24, 2.45) is 0 Å². The van der Waals surface area contributed by atoms with Crippen LogP contribution in [0.3, 0.4) is 0 Å². The SMILES string of the molecule is O=C1CC(Nc2cccnc2)C(=O)N1C1CCCCCC1. The molecular formula is C16H21N3O2. The van der Waals surface area contributed by atoms with Gasteiger partial charge in [0.2, 0.25) is 5.91 Å². The molecule has 3 rings (SSSR count). The number of pyridine rings is 1. The van der Waals surface area contributed by atoms with Crippen molar-refractivity contribution in [1.82, 2.24) is 9.88 Å². The maximum Gasteiger partial charge on any atom is 0.252 e. The molecule has 1 aromatic rings. The molecule has 2 fully saturated rings. The van der Waals surface area contributed by atoms with E-state index in [-0.39, 0.29) is 24.3 Å². The molecular weight excluding hydrogens is 266 g/mol. The fraction of sp³-hybridized carbons (Fsp3) is 0.562.